The van der Waals surface area contributed by atoms with Crippen LogP contribution in [0.3, 0.4) is 0 Å². The standard InChI is InChI=1S/C12H9FN4O5/c13-7-5-17(12(22)16-10(7)19)8(11(20)21)15-9(18)6-1-3-14-4-2-6/h1-5,8H,(H,15,18)(H,20,21)(H,16,19,22)/t8-/m1/s1. The Bertz CT molecular complexity index is 829. The van der Waals surface area contributed by atoms with E-state index in [1.807, 2.05) is 5.32 Å². The van der Waals surface area contributed by atoms with Crippen LogP contribution in [0.2, 0.25) is 0 Å². The number of aromatic amines is 1. The third-order valence-electron chi connectivity index (χ3n) is 2.65. The van der Waals surface area contributed by atoms with E-state index in [2.05, 4.69) is 4.98 Å². The van der Waals surface area contributed by atoms with E-state index in [-0.39, 0.29) is 5.56 Å². The molecule has 114 valence electrons. The van der Waals surface area contributed by atoms with E-state index in [1.54, 1.807) is 4.98 Å². The van der Waals surface area contributed by atoms with Gasteiger partial charge in [-0.15, -0.1) is 0 Å². The lowest BCUT2D eigenvalue weighted by atomic mass is 10.2. The lowest BCUT2D eigenvalue weighted by molar-refractivity contribution is -0.141. The number of nitrogens with zero attached hydrogens (tertiary/aromatic N) is 2. The molecular weight excluding hydrogens is 299 g/mol. The molecule has 2 aromatic heterocycles. The third-order valence-corrected chi connectivity index (χ3v) is 2.65. The molecule has 9 nitrogen and oxygen atoms in total. The molecule has 0 aliphatic carbocycles. The minimum atomic E-state index is -1.89. The minimum absolute atomic E-state index is 0.0965. The Morgan fingerprint density at radius 2 is 1.95 bits per heavy atom. The SMILES string of the molecule is O=C(N[C@@H](C(=O)O)n1cc(F)c(=O)[nH]c1=O)c1ccncc1. The first-order chi connectivity index (χ1) is 10.4. The molecule has 1 atom stereocenters. The highest BCUT2D eigenvalue weighted by Crippen LogP contribution is 2.03. The van der Waals surface area contributed by atoms with Gasteiger partial charge in [0.1, 0.15) is 0 Å². The second-order valence-corrected chi connectivity index (χ2v) is 4.09. The molecule has 0 unspecified atom stereocenters. The van der Waals surface area contributed by atoms with Gasteiger partial charge in [-0.25, -0.2) is 9.59 Å². The number of halogens is 1. The number of hydrogen-bond acceptors (Lipinski definition) is 5. The fourth-order valence-electron chi connectivity index (χ4n) is 1.61. The maximum Gasteiger partial charge on any atom is 0.347 e. The van der Waals surface area contributed by atoms with Crippen LogP contribution in [0.4, 0.5) is 4.39 Å². The van der Waals surface area contributed by atoms with E-state index in [0.717, 1.165) is 0 Å². The van der Waals surface area contributed by atoms with Crippen LogP contribution < -0.4 is 16.6 Å². The summed E-state index contributed by atoms with van der Waals surface area (Å²) in [7, 11) is 0. The smallest absolute Gasteiger partial charge is 0.347 e. The molecule has 2 aromatic rings. The quantitative estimate of drug-likeness (QED) is 0.669. The first-order valence-electron chi connectivity index (χ1n) is 5.85. The number of carbonyl (C=O) groups is 2. The fraction of sp³-hybridized carbons (Fsp3) is 0.0833. The first-order valence-corrected chi connectivity index (χ1v) is 5.85. The van der Waals surface area contributed by atoms with Crippen LogP contribution in [0, 0.1) is 5.82 Å². The van der Waals surface area contributed by atoms with Crippen molar-refractivity contribution in [1.82, 2.24) is 19.9 Å². The third kappa shape index (κ3) is 3.06. The van der Waals surface area contributed by atoms with E-state index in [9.17, 15) is 23.6 Å². The number of aromatic nitrogens is 3. The Balaban J connectivity index is 2.38. The average molecular weight is 308 g/mol. The number of carboxylic acid groups (broad SMARTS) is 1. The molecule has 0 aliphatic rings. The molecular formula is C12H9FN4O5. The first kappa shape index (κ1) is 15.1. The van der Waals surface area contributed by atoms with Gasteiger partial charge >= 0.3 is 11.7 Å². The Kier molecular flexibility index (Phi) is 4.11. The number of carbonyl (C=O) groups excluding carboxylic acids is 1. The van der Waals surface area contributed by atoms with Crippen LogP contribution in [0.5, 0.6) is 0 Å². The van der Waals surface area contributed by atoms with Crippen molar-refractivity contribution in [3.8, 4) is 0 Å². The number of carboxylic acids is 1. The summed E-state index contributed by atoms with van der Waals surface area (Å²) in [5, 5.41) is 11.2. The molecule has 0 spiro atoms. The van der Waals surface area contributed by atoms with E-state index < -0.39 is 35.1 Å². The summed E-state index contributed by atoms with van der Waals surface area (Å²) in [5.41, 5.74) is -2.36. The topological polar surface area (TPSA) is 134 Å². The lowest BCUT2D eigenvalue weighted by Gasteiger charge is -2.16. The molecule has 2 rings (SSSR count). The Morgan fingerprint density at radius 1 is 1.32 bits per heavy atom. The predicted molar refractivity (Wildman–Crippen MR) is 69.7 cm³/mol. The molecule has 2 heterocycles. The largest absolute Gasteiger partial charge is 0.478 e. The number of amides is 1. The van der Waals surface area contributed by atoms with Crippen molar-refractivity contribution in [3.05, 3.63) is 62.9 Å². The summed E-state index contributed by atoms with van der Waals surface area (Å²) in [4.78, 5) is 50.9. The molecule has 1 amide bonds. The molecule has 10 heteroatoms. The molecule has 0 aliphatic heterocycles. The number of aliphatic carboxylic acids is 1. The zero-order chi connectivity index (χ0) is 16.3. The fourth-order valence-corrected chi connectivity index (χ4v) is 1.61. The monoisotopic (exact) mass is 308 g/mol. The van der Waals surface area contributed by atoms with Crippen molar-refractivity contribution in [1.29, 1.82) is 0 Å². The van der Waals surface area contributed by atoms with Gasteiger partial charge in [0.25, 0.3) is 11.5 Å². The molecule has 0 saturated heterocycles. The van der Waals surface area contributed by atoms with Crippen LogP contribution in [0.15, 0.2) is 40.3 Å². The Hall–Kier alpha value is -3.30. The van der Waals surface area contributed by atoms with Gasteiger partial charge < -0.3 is 10.4 Å². The summed E-state index contributed by atoms with van der Waals surface area (Å²) in [6.45, 7) is 0. The summed E-state index contributed by atoms with van der Waals surface area (Å²) >= 11 is 0. The number of nitrogens with one attached hydrogen (secondary N) is 2. The predicted octanol–water partition coefficient (Wildman–Crippen LogP) is -0.916. The summed E-state index contributed by atoms with van der Waals surface area (Å²) in [5.74, 6) is -3.78. The maximum atomic E-state index is 13.2. The molecule has 3 N–H and O–H groups in total. The van der Waals surface area contributed by atoms with Gasteiger partial charge in [0.15, 0.2) is 0 Å². The van der Waals surface area contributed by atoms with E-state index in [1.165, 1.54) is 24.5 Å². The highest BCUT2D eigenvalue weighted by atomic mass is 19.1. The van der Waals surface area contributed by atoms with Gasteiger partial charge in [0, 0.05) is 18.0 Å². The van der Waals surface area contributed by atoms with Crippen LogP contribution in [-0.2, 0) is 4.79 Å². The van der Waals surface area contributed by atoms with Crippen LogP contribution in [0.25, 0.3) is 0 Å². The van der Waals surface area contributed by atoms with Crippen molar-refractivity contribution in [3.63, 3.8) is 0 Å². The summed E-state index contributed by atoms with van der Waals surface area (Å²) in [6, 6.07) is 2.65. The van der Waals surface area contributed by atoms with E-state index >= 15 is 0 Å². The van der Waals surface area contributed by atoms with Crippen molar-refractivity contribution < 1.29 is 19.1 Å². The number of rotatable bonds is 4. The van der Waals surface area contributed by atoms with Gasteiger partial charge in [-0.05, 0) is 12.1 Å². The van der Waals surface area contributed by atoms with Crippen molar-refractivity contribution >= 4 is 11.9 Å². The number of pyridine rings is 1. The molecule has 22 heavy (non-hydrogen) atoms. The van der Waals surface area contributed by atoms with Gasteiger partial charge in [-0.2, -0.15) is 4.39 Å². The van der Waals surface area contributed by atoms with E-state index in [4.69, 9.17) is 5.11 Å². The second-order valence-electron chi connectivity index (χ2n) is 4.09. The van der Waals surface area contributed by atoms with Gasteiger partial charge in [0.2, 0.25) is 12.0 Å². The zero-order valence-corrected chi connectivity index (χ0v) is 10.8. The Labute approximate surface area is 121 Å². The molecule has 0 aromatic carbocycles. The maximum absolute atomic E-state index is 13.2. The number of H-pyrrole nitrogens is 1. The van der Waals surface area contributed by atoms with Crippen LogP contribution in [0.1, 0.15) is 16.5 Å². The molecule has 0 bridgehead atoms. The normalized spacial score (nSPS) is 11.7. The van der Waals surface area contributed by atoms with Crippen molar-refractivity contribution in [2.45, 2.75) is 6.17 Å². The average Bonchev–Trinajstić information content (AvgIpc) is 2.49. The van der Waals surface area contributed by atoms with Gasteiger partial charge in [-0.3, -0.25) is 24.1 Å². The van der Waals surface area contributed by atoms with E-state index in [0.29, 0.717) is 10.8 Å². The van der Waals surface area contributed by atoms with Crippen LogP contribution in [-0.4, -0.2) is 31.5 Å². The van der Waals surface area contributed by atoms with Crippen LogP contribution >= 0.6 is 0 Å². The van der Waals surface area contributed by atoms with Gasteiger partial charge in [-0.1, -0.05) is 0 Å². The summed E-state index contributed by atoms with van der Waals surface area (Å²) in [6.07, 6.45) is 1.15. The lowest BCUT2D eigenvalue weighted by Crippen LogP contribution is -2.44. The minimum Gasteiger partial charge on any atom is -0.478 e. The molecule has 0 saturated carbocycles. The molecule has 0 radical (unpaired) electrons. The van der Waals surface area contributed by atoms with Gasteiger partial charge in [0.05, 0.1) is 6.20 Å². The summed E-state index contributed by atoms with van der Waals surface area (Å²) < 4.78 is 13.6. The highest BCUT2D eigenvalue weighted by molar-refractivity contribution is 5.95. The number of hydrogen-bond donors (Lipinski definition) is 3. The highest BCUT2D eigenvalue weighted by Gasteiger charge is 2.24. The molecule has 0 fully saturated rings. The Morgan fingerprint density at radius 3 is 2.55 bits per heavy atom. The zero-order valence-electron chi connectivity index (χ0n) is 10.8. The van der Waals surface area contributed by atoms with Crippen molar-refractivity contribution in [2.75, 3.05) is 0 Å². The van der Waals surface area contributed by atoms with Crippen molar-refractivity contribution in [2.24, 2.45) is 0 Å². The second kappa shape index (κ2) is 5.99.